The van der Waals surface area contributed by atoms with E-state index in [0.717, 1.165) is 17.9 Å². The summed E-state index contributed by atoms with van der Waals surface area (Å²) in [5, 5.41) is 0. The Morgan fingerprint density at radius 2 is 1.88 bits per heavy atom. The molecule has 1 aromatic carbocycles. The average molecular weight is 226 g/mol. The topological polar surface area (TPSA) is 25.8 Å². The van der Waals surface area contributed by atoms with E-state index in [4.69, 9.17) is 0 Å². The minimum atomic E-state index is 0.831. The Morgan fingerprint density at radius 1 is 1.12 bits per heavy atom. The van der Waals surface area contributed by atoms with Gasteiger partial charge < -0.3 is 0 Å². The van der Waals surface area contributed by atoms with Crippen LogP contribution in [0.2, 0.25) is 0 Å². The van der Waals surface area contributed by atoms with Gasteiger partial charge in [-0.1, -0.05) is 30.7 Å². The molecule has 0 amide bonds. The Morgan fingerprint density at radius 3 is 2.53 bits per heavy atom. The molecule has 2 nitrogen and oxygen atoms in total. The number of rotatable bonds is 2. The molecular formula is C15H18N2. The minimum absolute atomic E-state index is 0.831. The van der Waals surface area contributed by atoms with Crippen molar-refractivity contribution in [2.45, 2.75) is 34.1 Å². The van der Waals surface area contributed by atoms with Crippen molar-refractivity contribution in [2.24, 2.45) is 0 Å². The van der Waals surface area contributed by atoms with Crippen molar-refractivity contribution in [3.8, 4) is 11.3 Å². The Labute approximate surface area is 103 Å². The highest BCUT2D eigenvalue weighted by molar-refractivity contribution is 5.66. The van der Waals surface area contributed by atoms with Gasteiger partial charge >= 0.3 is 0 Å². The molecule has 2 aromatic rings. The van der Waals surface area contributed by atoms with E-state index in [0.29, 0.717) is 0 Å². The Hall–Kier alpha value is -1.70. The lowest BCUT2D eigenvalue weighted by Crippen LogP contribution is -1.98. The molecule has 0 fully saturated rings. The third-order valence-electron chi connectivity index (χ3n) is 3.00. The molecule has 2 heteroatoms. The van der Waals surface area contributed by atoms with Gasteiger partial charge in [0.2, 0.25) is 0 Å². The summed E-state index contributed by atoms with van der Waals surface area (Å²) in [6.45, 7) is 8.33. The van der Waals surface area contributed by atoms with Crippen molar-refractivity contribution in [1.29, 1.82) is 0 Å². The molecule has 1 heterocycles. The molecule has 0 bridgehead atoms. The van der Waals surface area contributed by atoms with E-state index in [1.165, 1.54) is 22.3 Å². The molecule has 88 valence electrons. The molecule has 0 radical (unpaired) electrons. The van der Waals surface area contributed by atoms with Gasteiger partial charge in [0.1, 0.15) is 5.82 Å². The van der Waals surface area contributed by atoms with E-state index in [2.05, 4.69) is 48.9 Å². The minimum Gasteiger partial charge on any atom is -0.241 e. The summed E-state index contributed by atoms with van der Waals surface area (Å²) in [5.74, 6) is 0.831. The van der Waals surface area contributed by atoms with E-state index in [1.807, 2.05) is 13.1 Å². The van der Waals surface area contributed by atoms with Crippen molar-refractivity contribution in [2.75, 3.05) is 0 Å². The third kappa shape index (κ3) is 2.36. The summed E-state index contributed by atoms with van der Waals surface area (Å²) in [7, 11) is 0. The van der Waals surface area contributed by atoms with E-state index >= 15 is 0 Å². The zero-order valence-corrected chi connectivity index (χ0v) is 10.9. The second-order valence-corrected chi connectivity index (χ2v) is 4.46. The zero-order chi connectivity index (χ0) is 12.4. The number of aryl methyl sites for hydroxylation is 4. The zero-order valence-electron chi connectivity index (χ0n) is 10.9. The standard InChI is InChI=1S/C15H18N2/c1-5-13-9-16-12(4)17-15(13)14-7-6-10(2)8-11(14)3/h6-9H,5H2,1-4H3. The smallest absolute Gasteiger partial charge is 0.125 e. The summed E-state index contributed by atoms with van der Waals surface area (Å²) in [6.07, 6.45) is 2.90. The van der Waals surface area contributed by atoms with Crippen LogP contribution in [0.4, 0.5) is 0 Å². The predicted molar refractivity (Wildman–Crippen MR) is 71.1 cm³/mol. The maximum absolute atomic E-state index is 4.59. The first-order valence-corrected chi connectivity index (χ1v) is 6.02. The van der Waals surface area contributed by atoms with Gasteiger partial charge in [-0.15, -0.1) is 0 Å². The summed E-state index contributed by atoms with van der Waals surface area (Å²) in [4.78, 5) is 8.87. The van der Waals surface area contributed by atoms with E-state index in [9.17, 15) is 0 Å². The van der Waals surface area contributed by atoms with Crippen LogP contribution in [0.3, 0.4) is 0 Å². The molecule has 2 rings (SSSR count). The Kier molecular flexibility index (Phi) is 3.23. The predicted octanol–water partition coefficient (Wildman–Crippen LogP) is 3.63. The van der Waals surface area contributed by atoms with Crippen molar-refractivity contribution in [3.05, 3.63) is 46.9 Å². The number of hydrogen-bond donors (Lipinski definition) is 0. The molecule has 1 aromatic heterocycles. The largest absolute Gasteiger partial charge is 0.241 e. The summed E-state index contributed by atoms with van der Waals surface area (Å²) >= 11 is 0. The van der Waals surface area contributed by atoms with Gasteiger partial charge in [-0.05, 0) is 38.3 Å². The molecule has 0 unspecified atom stereocenters. The van der Waals surface area contributed by atoms with Crippen molar-refractivity contribution in [3.63, 3.8) is 0 Å². The highest BCUT2D eigenvalue weighted by Crippen LogP contribution is 2.25. The molecule has 0 saturated heterocycles. The Balaban J connectivity index is 2.62. The van der Waals surface area contributed by atoms with E-state index in [-0.39, 0.29) is 0 Å². The lowest BCUT2D eigenvalue weighted by Gasteiger charge is -2.10. The number of nitrogens with zero attached hydrogens (tertiary/aromatic N) is 2. The molecule has 17 heavy (non-hydrogen) atoms. The Bertz CT molecular complexity index is 545. The number of aromatic nitrogens is 2. The van der Waals surface area contributed by atoms with Crippen molar-refractivity contribution >= 4 is 0 Å². The van der Waals surface area contributed by atoms with E-state index in [1.54, 1.807) is 0 Å². The van der Waals surface area contributed by atoms with Crippen molar-refractivity contribution < 1.29 is 0 Å². The highest BCUT2D eigenvalue weighted by atomic mass is 14.9. The lowest BCUT2D eigenvalue weighted by atomic mass is 9.99. The first-order chi connectivity index (χ1) is 8.11. The lowest BCUT2D eigenvalue weighted by molar-refractivity contribution is 0.994. The third-order valence-corrected chi connectivity index (χ3v) is 3.00. The highest BCUT2D eigenvalue weighted by Gasteiger charge is 2.09. The monoisotopic (exact) mass is 226 g/mol. The SMILES string of the molecule is CCc1cnc(C)nc1-c1ccc(C)cc1C. The van der Waals surface area contributed by atoms with Crippen LogP contribution in [0.5, 0.6) is 0 Å². The molecule has 0 atom stereocenters. The molecular weight excluding hydrogens is 208 g/mol. The fourth-order valence-electron chi connectivity index (χ4n) is 2.07. The van der Waals surface area contributed by atoms with Crippen LogP contribution in [0.15, 0.2) is 24.4 Å². The fourth-order valence-corrected chi connectivity index (χ4v) is 2.07. The molecule has 0 spiro atoms. The van der Waals surface area contributed by atoms with Crippen LogP contribution in [0.25, 0.3) is 11.3 Å². The van der Waals surface area contributed by atoms with Crippen LogP contribution in [-0.4, -0.2) is 9.97 Å². The van der Waals surface area contributed by atoms with Crippen LogP contribution in [-0.2, 0) is 6.42 Å². The number of benzene rings is 1. The first-order valence-electron chi connectivity index (χ1n) is 6.02. The van der Waals surface area contributed by atoms with Crippen LogP contribution < -0.4 is 0 Å². The molecule has 0 aliphatic rings. The summed E-state index contributed by atoms with van der Waals surface area (Å²) < 4.78 is 0. The van der Waals surface area contributed by atoms with Crippen LogP contribution >= 0.6 is 0 Å². The average Bonchev–Trinajstić information content (AvgIpc) is 2.29. The fraction of sp³-hybridized carbons (Fsp3) is 0.333. The quantitative estimate of drug-likeness (QED) is 0.781. The van der Waals surface area contributed by atoms with Gasteiger partial charge in [-0.3, -0.25) is 0 Å². The normalized spacial score (nSPS) is 10.6. The van der Waals surface area contributed by atoms with Gasteiger partial charge in [0.15, 0.2) is 0 Å². The van der Waals surface area contributed by atoms with Gasteiger partial charge in [0.25, 0.3) is 0 Å². The molecule has 0 aliphatic heterocycles. The van der Waals surface area contributed by atoms with Gasteiger partial charge in [-0.25, -0.2) is 9.97 Å². The van der Waals surface area contributed by atoms with Crippen LogP contribution in [0, 0.1) is 20.8 Å². The van der Waals surface area contributed by atoms with Crippen molar-refractivity contribution in [1.82, 2.24) is 9.97 Å². The molecule has 0 aliphatic carbocycles. The first kappa shape index (κ1) is 11.8. The summed E-state index contributed by atoms with van der Waals surface area (Å²) in [5.41, 5.74) is 6.07. The van der Waals surface area contributed by atoms with Gasteiger partial charge in [0.05, 0.1) is 5.69 Å². The maximum Gasteiger partial charge on any atom is 0.125 e. The second-order valence-electron chi connectivity index (χ2n) is 4.46. The second kappa shape index (κ2) is 4.66. The van der Waals surface area contributed by atoms with E-state index < -0.39 is 0 Å². The van der Waals surface area contributed by atoms with Gasteiger partial charge in [0, 0.05) is 11.8 Å². The summed E-state index contributed by atoms with van der Waals surface area (Å²) in [6, 6.07) is 6.50. The van der Waals surface area contributed by atoms with Crippen LogP contribution in [0.1, 0.15) is 29.4 Å². The molecule has 0 N–H and O–H groups in total. The maximum atomic E-state index is 4.59. The van der Waals surface area contributed by atoms with Gasteiger partial charge in [-0.2, -0.15) is 0 Å². The molecule has 0 saturated carbocycles. The number of hydrogen-bond acceptors (Lipinski definition) is 2.